The topological polar surface area (TPSA) is 46.5 Å². The van der Waals surface area contributed by atoms with E-state index in [1.807, 2.05) is 0 Å². The van der Waals surface area contributed by atoms with E-state index >= 15 is 0 Å². The summed E-state index contributed by atoms with van der Waals surface area (Å²) in [6, 6.07) is 0. The summed E-state index contributed by atoms with van der Waals surface area (Å²) >= 11 is 0. The molecule has 0 radical (unpaired) electrons. The molecule has 2 rings (SSSR count). The van der Waals surface area contributed by atoms with E-state index in [4.69, 9.17) is 4.74 Å². The SMILES string of the molecule is CC(C)(C)C(=O)OCC1CC2CC1CC2(O)C(F)(F)F. The highest BCUT2D eigenvalue weighted by atomic mass is 19.4. The molecule has 0 amide bonds. The summed E-state index contributed by atoms with van der Waals surface area (Å²) in [7, 11) is 0. The molecule has 0 aromatic rings. The molecule has 0 saturated heterocycles. The van der Waals surface area contributed by atoms with Crippen molar-refractivity contribution in [3.8, 4) is 0 Å². The van der Waals surface area contributed by atoms with Crippen molar-refractivity contribution in [3.05, 3.63) is 0 Å². The van der Waals surface area contributed by atoms with Crippen LogP contribution < -0.4 is 0 Å². The van der Waals surface area contributed by atoms with Gasteiger partial charge in [-0.25, -0.2) is 0 Å². The van der Waals surface area contributed by atoms with E-state index in [9.17, 15) is 23.1 Å². The Morgan fingerprint density at radius 3 is 2.30 bits per heavy atom. The number of esters is 1. The predicted molar refractivity (Wildman–Crippen MR) is 65.7 cm³/mol. The minimum atomic E-state index is -4.57. The molecule has 4 unspecified atom stereocenters. The number of carbonyl (C=O) groups is 1. The maximum atomic E-state index is 12.9. The Morgan fingerprint density at radius 1 is 1.30 bits per heavy atom. The quantitative estimate of drug-likeness (QED) is 0.797. The number of alkyl halides is 3. The van der Waals surface area contributed by atoms with E-state index < -0.39 is 23.1 Å². The maximum absolute atomic E-state index is 12.9. The van der Waals surface area contributed by atoms with Crippen LogP contribution in [0.1, 0.15) is 40.0 Å². The predicted octanol–water partition coefficient (Wildman–Crippen LogP) is 2.92. The van der Waals surface area contributed by atoms with Crippen molar-refractivity contribution in [1.29, 1.82) is 0 Å². The molecule has 3 nitrogen and oxygen atoms in total. The Labute approximate surface area is 116 Å². The third kappa shape index (κ3) is 2.54. The molecule has 0 aromatic carbocycles. The van der Waals surface area contributed by atoms with E-state index in [0.717, 1.165) is 0 Å². The smallest absolute Gasteiger partial charge is 0.417 e. The van der Waals surface area contributed by atoms with Gasteiger partial charge in [0.1, 0.15) is 0 Å². The molecule has 6 heteroatoms. The lowest BCUT2D eigenvalue weighted by molar-refractivity contribution is -0.279. The molecule has 2 bridgehead atoms. The van der Waals surface area contributed by atoms with Crippen LogP contribution in [0.5, 0.6) is 0 Å². The molecule has 2 aliphatic rings. The first-order chi connectivity index (χ1) is 8.95. The van der Waals surface area contributed by atoms with Gasteiger partial charge in [-0.05, 0) is 57.8 Å². The number of fused-ring (bicyclic) bond motifs is 2. The molecule has 2 fully saturated rings. The molecule has 0 aliphatic heterocycles. The van der Waals surface area contributed by atoms with Crippen LogP contribution >= 0.6 is 0 Å². The van der Waals surface area contributed by atoms with E-state index in [2.05, 4.69) is 0 Å². The van der Waals surface area contributed by atoms with Crippen molar-refractivity contribution >= 4 is 5.97 Å². The number of halogens is 3. The number of hydrogen-bond donors (Lipinski definition) is 1. The summed E-state index contributed by atoms with van der Waals surface area (Å²) in [5.74, 6) is -1.37. The van der Waals surface area contributed by atoms with Crippen molar-refractivity contribution in [2.45, 2.75) is 51.8 Å². The number of ether oxygens (including phenoxy) is 1. The largest absolute Gasteiger partial charge is 0.465 e. The van der Waals surface area contributed by atoms with Gasteiger partial charge in [-0.3, -0.25) is 4.79 Å². The van der Waals surface area contributed by atoms with Gasteiger partial charge in [0.2, 0.25) is 0 Å². The third-order valence-corrected chi connectivity index (χ3v) is 4.62. The highest BCUT2D eigenvalue weighted by Gasteiger charge is 2.66. The fourth-order valence-corrected chi connectivity index (χ4v) is 3.37. The zero-order valence-corrected chi connectivity index (χ0v) is 12.0. The molecular formula is C14H21F3O3. The summed E-state index contributed by atoms with van der Waals surface area (Å²) in [6.45, 7) is 5.36. The van der Waals surface area contributed by atoms with Gasteiger partial charge >= 0.3 is 12.1 Å². The molecule has 0 heterocycles. The van der Waals surface area contributed by atoms with Crippen LogP contribution in [0, 0.1) is 23.2 Å². The minimum absolute atomic E-state index is 0.0612. The zero-order chi connectivity index (χ0) is 15.3. The van der Waals surface area contributed by atoms with Gasteiger partial charge in [-0.1, -0.05) is 0 Å². The summed E-state index contributed by atoms with van der Waals surface area (Å²) < 4.78 is 43.8. The molecular weight excluding hydrogens is 273 g/mol. The third-order valence-electron chi connectivity index (χ3n) is 4.62. The van der Waals surface area contributed by atoms with Gasteiger partial charge in [-0.2, -0.15) is 13.2 Å². The summed E-state index contributed by atoms with van der Waals surface area (Å²) in [6.07, 6.45) is -4.19. The monoisotopic (exact) mass is 294 g/mol. The number of aliphatic hydroxyl groups is 1. The van der Waals surface area contributed by atoms with Crippen LogP contribution in [0.25, 0.3) is 0 Å². The van der Waals surface area contributed by atoms with E-state index in [1.165, 1.54) is 0 Å². The van der Waals surface area contributed by atoms with Gasteiger partial charge in [0.25, 0.3) is 0 Å². The van der Waals surface area contributed by atoms with Crippen LogP contribution in [0.3, 0.4) is 0 Å². The normalized spacial score (nSPS) is 37.2. The minimum Gasteiger partial charge on any atom is -0.465 e. The molecule has 1 N–H and O–H groups in total. The Balaban J connectivity index is 1.92. The standard InChI is InChI=1S/C14H21F3O3/c1-12(2,3)11(18)20-7-9-5-10-4-8(9)6-13(10,19)14(15,16)17/h8-10,19H,4-7H2,1-3H3. The maximum Gasteiger partial charge on any atom is 0.417 e. The van der Waals surface area contributed by atoms with E-state index in [-0.39, 0.29) is 37.3 Å². The van der Waals surface area contributed by atoms with Gasteiger partial charge in [0.15, 0.2) is 5.60 Å². The van der Waals surface area contributed by atoms with Crippen molar-refractivity contribution in [3.63, 3.8) is 0 Å². The summed E-state index contributed by atoms with van der Waals surface area (Å²) in [5.41, 5.74) is -3.15. The lowest BCUT2D eigenvalue weighted by Crippen LogP contribution is -2.50. The average Bonchev–Trinajstić information content (AvgIpc) is 2.80. The fourth-order valence-electron chi connectivity index (χ4n) is 3.37. The average molecular weight is 294 g/mol. The Morgan fingerprint density at radius 2 is 1.90 bits per heavy atom. The second-order valence-electron chi connectivity index (χ2n) is 7.16. The van der Waals surface area contributed by atoms with Gasteiger partial charge in [0.05, 0.1) is 12.0 Å². The summed E-state index contributed by atoms with van der Waals surface area (Å²) in [4.78, 5) is 11.7. The Bertz CT molecular complexity index is 399. The second-order valence-corrected chi connectivity index (χ2v) is 7.16. The molecule has 116 valence electrons. The van der Waals surface area contributed by atoms with Crippen molar-refractivity contribution < 1.29 is 27.8 Å². The zero-order valence-electron chi connectivity index (χ0n) is 12.0. The Kier molecular flexibility index (Phi) is 3.60. The van der Waals surface area contributed by atoms with Crippen LogP contribution in [-0.2, 0) is 9.53 Å². The lowest BCUT2D eigenvalue weighted by atomic mass is 9.78. The van der Waals surface area contributed by atoms with E-state index in [0.29, 0.717) is 6.42 Å². The number of hydrogen-bond acceptors (Lipinski definition) is 3. The lowest BCUT2D eigenvalue weighted by Gasteiger charge is -2.37. The molecule has 20 heavy (non-hydrogen) atoms. The first-order valence-corrected chi connectivity index (χ1v) is 6.91. The van der Waals surface area contributed by atoms with Crippen molar-refractivity contribution in [2.24, 2.45) is 23.2 Å². The van der Waals surface area contributed by atoms with E-state index in [1.54, 1.807) is 20.8 Å². The summed E-state index contributed by atoms with van der Waals surface area (Å²) in [5, 5.41) is 9.81. The molecule has 2 saturated carbocycles. The van der Waals surface area contributed by atoms with Gasteiger partial charge < -0.3 is 9.84 Å². The highest BCUT2D eigenvalue weighted by Crippen LogP contribution is 2.59. The molecule has 4 atom stereocenters. The number of rotatable bonds is 2. The number of carbonyl (C=O) groups excluding carboxylic acids is 1. The first-order valence-electron chi connectivity index (χ1n) is 6.91. The van der Waals surface area contributed by atoms with Gasteiger partial charge in [0, 0.05) is 0 Å². The van der Waals surface area contributed by atoms with Crippen LogP contribution in [-0.4, -0.2) is 29.5 Å². The van der Waals surface area contributed by atoms with Crippen molar-refractivity contribution in [2.75, 3.05) is 6.61 Å². The molecule has 0 aromatic heterocycles. The fraction of sp³-hybridized carbons (Fsp3) is 0.929. The van der Waals surface area contributed by atoms with Crippen LogP contribution in [0.4, 0.5) is 13.2 Å². The second kappa shape index (κ2) is 4.61. The van der Waals surface area contributed by atoms with Gasteiger partial charge in [-0.15, -0.1) is 0 Å². The molecule has 0 spiro atoms. The Hall–Kier alpha value is -0.780. The molecule has 2 aliphatic carbocycles. The van der Waals surface area contributed by atoms with Crippen LogP contribution in [0.2, 0.25) is 0 Å². The van der Waals surface area contributed by atoms with Crippen LogP contribution in [0.15, 0.2) is 0 Å². The van der Waals surface area contributed by atoms with Crippen molar-refractivity contribution in [1.82, 2.24) is 0 Å². The highest BCUT2D eigenvalue weighted by molar-refractivity contribution is 5.75. The first kappa shape index (κ1) is 15.6.